The van der Waals surface area contributed by atoms with Crippen molar-refractivity contribution in [1.82, 2.24) is 0 Å². The van der Waals surface area contributed by atoms with E-state index in [9.17, 15) is 4.79 Å². The van der Waals surface area contributed by atoms with Gasteiger partial charge in [0.05, 0.1) is 0 Å². The fourth-order valence-electron chi connectivity index (χ4n) is 3.19. The van der Waals surface area contributed by atoms with Crippen molar-refractivity contribution in [3.8, 4) is 0 Å². The van der Waals surface area contributed by atoms with E-state index in [2.05, 4.69) is 54.6 Å². The molecule has 0 atom stereocenters. The second-order valence-electron chi connectivity index (χ2n) is 5.33. The van der Waals surface area contributed by atoms with Crippen LogP contribution in [0.5, 0.6) is 0 Å². The van der Waals surface area contributed by atoms with Crippen molar-refractivity contribution in [2.75, 3.05) is 0 Å². The highest BCUT2D eigenvalue weighted by atomic mass is 16.1. The highest BCUT2D eigenvalue weighted by molar-refractivity contribution is 6.23. The number of benzene rings is 4. The maximum absolute atomic E-state index is 10.6. The Kier molecular flexibility index (Phi) is 2.46. The number of carbonyl (C=O) groups excluding carboxylic acids is 1. The zero-order valence-corrected chi connectivity index (χ0v) is 11.1. The minimum absolute atomic E-state index is 0.591. The molecule has 0 aliphatic carbocycles. The number of aryl methyl sites for hydroxylation is 1. The first-order valence-corrected chi connectivity index (χ1v) is 6.97. The summed E-state index contributed by atoms with van der Waals surface area (Å²) in [5.41, 5.74) is 1.24. The number of hydrogen-bond acceptors (Lipinski definition) is 1. The van der Waals surface area contributed by atoms with Gasteiger partial charge in [-0.25, -0.2) is 0 Å². The third-order valence-electron chi connectivity index (χ3n) is 4.07. The molecular weight excluding hydrogens is 244 g/mol. The largest absolute Gasteiger partial charge is 0.303 e. The topological polar surface area (TPSA) is 17.1 Å². The lowest BCUT2D eigenvalue weighted by molar-refractivity contribution is -0.107. The van der Waals surface area contributed by atoms with Crippen LogP contribution in [0.25, 0.3) is 32.3 Å². The van der Waals surface area contributed by atoms with Gasteiger partial charge in [0.25, 0.3) is 0 Å². The Morgan fingerprint density at radius 1 is 0.750 bits per heavy atom. The smallest absolute Gasteiger partial charge is 0.120 e. The molecule has 0 radical (unpaired) electrons. The first-order valence-electron chi connectivity index (χ1n) is 6.97. The minimum Gasteiger partial charge on any atom is -0.303 e. The summed E-state index contributed by atoms with van der Waals surface area (Å²) in [6.45, 7) is 0. The lowest BCUT2D eigenvalue weighted by Crippen LogP contribution is -1.89. The Balaban J connectivity index is 2.11. The van der Waals surface area contributed by atoms with E-state index in [-0.39, 0.29) is 0 Å². The summed E-state index contributed by atoms with van der Waals surface area (Å²) in [4.78, 5) is 10.6. The van der Waals surface area contributed by atoms with E-state index in [0.29, 0.717) is 6.42 Å². The molecule has 4 rings (SSSR count). The van der Waals surface area contributed by atoms with Gasteiger partial charge >= 0.3 is 0 Å². The van der Waals surface area contributed by atoms with Gasteiger partial charge in [-0.05, 0) is 44.3 Å². The van der Waals surface area contributed by atoms with Gasteiger partial charge in [-0.15, -0.1) is 0 Å². The van der Waals surface area contributed by atoms with Crippen molar-refractivity contribution >= 4 is 38.6 Å². The van der Waals surface area contributed by atoms with Crippen molar-refractivity contribution in [3.63, 3.8) is 0 Å². The van der Waals surface area contributed by atoms with Crippen LogP contribution in [0.15, 0.2) is 54.6 Å². The summed E-state index contributed by atoms with van der Waals surface area (Å²) >= 11 is 0. The molecule has 0 bridgehead atoms. The summed E-state index contributed by atoms with van der Waals surface area (Å²) in [6.07, 6.45) is 2.40. The molecule has 0 unspecified atom stereocenters. The van der Waals surface area contributed by atoms with Gasteiger partial charge in [0.2, 0.25) is 0 Å². The standard InChI is InChI=1S/C19H14O/c20-10-2-3-13-11-16-8-6-14-4-1-5-15-7-9-17(12-13)19(16)18(14)15/h1,4-12H,2-3H2. The van der Waals surface area contributed by atoms with Crippen molar-refractivity contribution in [1.29, 1.82) is 0 Å². The van der Waals surface area contributed by atoms with Crippen LogP contribution in [-0.4, -0.2) is 6.29 Å². The van der Waals surface area contributed by atoms with Crippen LogP contribution in [0.2, 0.25) is 0 Å². The van der Waals surface area contributed by atoms with Crippen LogP contribution in [0.3, 0.4) is 0 Å². The second-order valence-corrected chi connectivity index (χ2v) is 5.33. The van der Waals surface area contributed by atoms with Gasteiger partial charge in [0.1, 0.15) is 6.29 Å². The lowest BCUT2D eigenvalue weighted by atomic mass is 9.92. The van der Waals surface area contributed by atoms with Crippen molar-refractivity contribution in [3.05, 3.63) is 60.2 Å². The molecule has 0 fully saturated rings. The van der Waals surface area contributed by atoms with Gasteiger partial charge in [-0.3, -0.25) is 0 Å². The lowest BCUT2D eigenvalue weighted by Gasteiger charge is -2.12. The molecule has 0 spiro atoms. The first-order chi connectivity index (χ1) is 9.86. The van der Waals surface area contributed by atoms with Gasteiger partial charge in [0, 0.05) is 6.42 Å². The molecule has 96 valence electrons. The Morgan fingerprint density at radius 2 is 1.30 bits per heavy atom. The van der Waals surface area contributed by atoms with Crippen LogP contribution < -0.4 is 0 Å². The third-order valence-corrected chi connectivity index (χ3v) is 4.07. The van der Waals surface area contributed by atoms with Crippen molar-refractivity contribution in [2.24, 2.45) is 0 Å². The summed E-state index contributed by atoms with van der Waals surface area (Å²) < 4.78 is 0. The molecule has 0 aliphatic heterocycles. The van der Waals surface area contributed by atoms with Gasteiger partial charge in [-0.2, -0.15) is 0 Å². The Hall–Kier alpha value is -2.41. The van der Waals surface area contributed by atoms with E-state index in [0.717, 1.165) is 12.7 Å². The fraction of sp³-hybridized carbons (Fsp3) is 0.105. The number of hydrogen-bond donors (Lipinski definition) is 0. The molecule has 0 saturated carbocycles. The van der Waals surface area contributed by atoms with Crippen molar-refractivity contribution in [2.45, 2.75) is 12.8 Å². The van der Waals surface area contributed by atoms with E-state index >= 15 is 0 Å². The normalized spacial score (nSPS) is 11.6. The average molecular weight is 258 g/mol. The monoisotopic (exact) mass is 258 g/mol. The Labute approximate surface area is 117 Å². The van der Waals surface area contributed by atoms with E-state index in [1.807, 2.05) is 0 Å². The zero-order valence-electron chi connectivity index (χ0n) is 11.1. The van der Waals surface area contributed by atoms with Gasteiger partial charge in [0.15, 0.2) is 0 Å². The predicted molar refractivity (Wildman–Crippen MR) is 84.5 cm³/mol. The summed E-state index contributed by atoms with van der Waals surface area (Å²) in [5, 5.41) is 7.82. The Bertz CT molecular complexity index is 857. The summed E-state index contributed by atoms with van der Waals surface area (Å²) in [5.74, 6) is 0. The van der Waals surface area contributed by atoms with E-state index in [4.69, 9.17) is 0 Å². The maximum atomic E-state index is 10.6. The van der Waals surface area contributed by atoms with Crippen LogP contribution in [-0.2, 0) is 11.2 Å². The number of rotatable bonds is 3. The first kappa shape index (κ1) is 11.4. The van der Waals surface area contributed by atoms with E-state index in [1.165, 1.54) is 37.9 Å². The highest BCUT2D eigenvalue weighted by Crippen LogP contribution is 2.35. The van der Waals surface area contributed by atoms with Crippen LogP contribution >= 0.6 is 0 Å². The molecule has 20 heavy (non-hydrogen) atoms. The molecule has 0 aromatic heterocycles. The fourth-order valence-corrected chi connectivity index (χ4v) is 3.19. The molecule has 0 aliphatic rings. The average Bonchev–Trinajstić information content (AvgIpc) is 2.50. The maximum Gasteiger partial charge on any atom is 0.120 e. The molecule has 0 heterocycles. The summed E-state index contributed by atoms with van der Waals surface area (Å²) in [7, 11) is 0. The summed E-state index contributed by atoms with van der Waals surface area (Å²) in [6, 6.07) is 19.6. The molecule has 1 nitrogen and oxygen atoms in total. The Morgan fingerprint density at radius 3 is 1.90 bits per heavy atom. The van der Waals surface area contributed by atoms with Gasteiger partial charge in [-0.1, -0.05) is 54.6 Å². The molecule has 0 N–H and O–H groups in total. The molecule has 4 aromatic rings. The zero-order chi connectivity index (χ0) is 13.5. The van der Waals surface area contributed by atoms with Crippen LogP contribution in [0.1, 0.15) is 12.0 Å². The highest BCUT2D eigenvalue weighted by Gasteiger charge is 2.08. The predicted octanol–water partition coefficient (Wildman–Crippen LogP) is 4.72. The number of carbonyl (C=O) groups is 1. The quantitative estimate of drug-likeness (QED) is 0.384. The van der Waals surface area contributed by atoms with Crippen LogP contribution in [0.4, 0.5) is 0 Å². The molecule has 4 aromatic carbocycles. The molecule has 0 amide bonds. The molecule has 1 heteroatoms. The SMILES string of the molecule is O=CCCc1cc2ccc3cccc4ccc(c1)c2c34. The van der Waals surface area contributed by atoms with E-state index in [1.54, 1.807) is 0 Å². The van der Waals surface area contributed by atoms with Crippen molar-refractivity contribution < 1.29 is 4.79 Å². The van der Waals surface area contributed by atoms with Gasteiger partial charge < -0.3 is 4.79 Å². The second kappa shape index (κ2) is 4.31. The minimum atomic E-state index is 0.591. The number of aldehydes is 1. The van der Waals surface area contributed by atoms with E-state index < -0.39 is 0 Å². The molecule has 0 saturated heterocycles. The third kappa shape index (κ3) is 1.60. The van der Waals surface area contributed by atoms with Crippen LogP contribution in [0, 0.1) is 0 Å². The molecular formula is C19H14O.